The van der Waals surface area contributed by atoms with Crippen LogP contribution >= 0.6 is 12.6 Å². The number of aliphatic hydroxyl groups excluding tert-OH is 1. The Hall–Kier alpha value is -1.85. The van der Waals surface area contributed by atoms with E-state index < -0.39 is 54.5 Å². The van der Waals surface area contributed by atoms with Crippen LogP contribution in [0.25, 0.3) is 0 Å². The summed E-state index contributed by atoms with van der Waals surface area (Å²) in [5.41, 5.74) is 5.86. The Morgan fingerprint density at radius 3 is 2.39 bits per heavy atom. The van der Waals surface area contributed by atoms with Crippen LogP contribution in [0.4, 0.5) is 0 Å². The van der Waals surface area contributed by atoms with Crippen LogP contribution in [0.15, 0.2) is 0 Å². The third-order valence-electron chi connectivity index (χ3n) is 4.99. The second kappa shape index (κ2) is 11.2. The molecule has 28 heavy (non-hydrogen) atoms. The van der Waals surface area contributed by atoms with E-state index in [1.54, 1.807) is 6.92 Å². The number of hydrogen-bond donors (Lipinski definition) is 6. The zero-order chi connectivity index (χ0) is 21.4. The number of likely N-dealkylation sites (tertiary alicyclic amines) is 1. The molecule has 5 unspecified atom stereocenters. The molecule has 5 atom stereocenters. The third-order valence-corrected chi connectivity index (χ3v) is 5.36. The summed E-state index contributed by atoms with van der Waals surface area (Å²) in [6, 6.07) is -4.09. The summed E-state index contributed by atoms with van der Waals surface area (Å²) in [5, 5.41) is 23.4. The predicted octanol–water partition coefficient (Wildman–Crippen LogP) is -1.67. The van der Waals surface area contributed by atoms with Crippen LogP contribution in [-0.4, -0.2) is 81.9 Å². The molecule has 1 fully saturated rings. The van der Waals surface area contributed by atoms with E-state index in [2.05, 4.69) is 23.3 Å². The summed E-state index contributed by atoms with van der Waals surface area (Å²) >= 11 is 3.90. The number of thiol groups is 1. The van der Waals surface area contributed by atoms with Gasteiger partial charge in [-0.05, 0) is 18.8 Å². The van der Waals surface area contributed by atoms with E-state index in [9.17, 15) is 24.3 Å². The number of amides is 3. The van der Waals surface area contributed by atoms with Crippen LogP contribution in [0.2, 0.25) is 0 Å². The van der Waals surface area contributed by atoms with Crippen LogP contribution < -0.4 is 16.4 Å². The second-order valence-corrected chi connectivity index (χ2v) is 7.29. The number of rotatable bonds is 10. The average molecular weight is 419 g/mol. The third kappa shape index (κ3) is 6.08. The number of nitrogens with zero attached hydrogens (tertiary/aromatic N) is 1. The number of nitrogens with two attached hydrogens (primary N) is 1. The molecule has 6 N–H and O–H groups in total. The molecule has 1 aliphatic heterocycles. The molecule has 1 aliphatic rings. The van der Waals surface area contributed by atoms with Crippen molar-refractivity contribution in [3.8, 4) is 0 Å². The van der Waals surface area contributed by atoms with Gasteiger partial charge in [-0.3, -0.25) is 14.4 Å². The predicted molar refractivity (Wildman–Crippen MR) is 105 cm³/mol. The molecule has 0 bridgehead atoms. The van der Waals surface area contributed by atoms with Crippen molar-refractivity contribution < 1.29 is 29.4 Å². The molecular formula is C17H30N4O6S. The molecule has 1 rings (SSSR count). The van der Waals surface area contributed by atoms with Crippen molar-refractivity contribution in [2.45, 2.75) is 57.3 Å². The van der Waals surface area contributed by atoms with Crippen molar-refractivity contribution in [1.29, 1.82) is 0 Å². The fraction of sp³-hybridized carbons (Fsp3) is 0.765. The number of carbonyl (C=O) groups is 4. The van der Waals surface area contributed by atoms with E-state index in [-0.39, 0.29) is 18.2 Å². The second-order valence-electron chi connectivity index (χ2n) is 6.93. The Kier molecular flexibility index (Phi) is 9.70. The maximum atomic E-state index is 12.8. The van der Waals surface area contributed by atoms with E-state index in [0.29, 0.717) is 19.3 Å². The van der Waals surface area contributed by atoms with Crippen molar-refractivity contribution in [3.63, 3.8) is 0 Å². The number of carboxylic acid groups (broad SMARTS) is 1. The molecule has 0 aliphatic carbocycles. The van der Waals surface area contributed by atoms with Crippen molar-refractivity contribution in [3.05, 3.63) is 0 Å². The summed E-state index contributed by atoms with van der Waals surface area (Å²) < 4.78 is 0. The largest absolute Gasteiger partial charge is 0.480 e. The highest BCUT2D eigenvalue weighted by Gasteiger charge is 2.39. The molecule has 1 saturated heterocycles. The molecular weight excluding hydrogens is 388 g/mol. The summed E-state index contributed by atoms with van der Waals surface area (Å²) in [7, 11) is 0. The van der Waals surface area contributed by atoms with Crippen LogP contribution in [0.3, 0.4) is 0 Å². The number of aliphatic hydroxyl groups is 1. The first-order valence-electron chi connectivity index (χ1n) is 9.29. The molecule has 3 amide bonds. The molecule has 11 heteroatoms. The number of nitrogens with one attached hydrogen (secondary N) is 2. The smallest absolute Gasteiger partial charge is 0.327 e. The summed E-state index contributed by atoms with van der Waals surface area (Å²) in [4.78, 5) is 49.8. The lowest BCUT2D eigenvalue weighted by Gasteiger charge is -2.29. The molecule has 1 heterocycles. The van der Waals surface area contributed by atoms with Gasteiger partial charge >= 0.3 is 5.97 Å². The minimum Gasteiger partial charge on any atom is -0.480 e. The van der Waals surface area contributed by atoms with Crippen molar-refractivity contribution >= 4 is 36.3 Å². The monoisotopic (exact) mass is 418 g/mol. The quantitative estimate of drug-likeness (QED) is 0.231. The van der Waals surface area contributed by atoms with Gasteiger partial charge in [0.05, 0.1) is 12.6 Å². The first kappa shape index (κ1) is 24.2. The number of carbonyl (C=O) groups excluding carboxylic acids is 3. The molecule has 0 aromatic carbocycles. The van der Waals surface area contributed by atoms with Crippen LogP contribution in [-0.2, 0) is 19.2 Å². The van der Waals surface area contributed by atoms with Gasteiger partial charge in [0.2, 0.25) is 17.7 Å². The van der Waals surface area contributed by atoms with Gasteiger partial charge in [-0.15, -0.1) is 0 Å². The Morgan fingerprint density at radius 2 is 1.89 bits per heavy atom. The normalized spacial score (nSPS) is 20.8. The molecule has 0 spiro atoms. The van der Waals surface area contributed by atoms with Crippen molar-refractivity contribution in [2.75, 3.05) is 18.9 Å². The van der Waals surface area contributed by atoms with Crippen molar-refractivity contribution in [1.82, 2.24) is 15.5 Å². The van der Waals surface area contributed by atoms with Gasteiger partial charge in [-0.1, -0.05) is 20.3 Å². The molecule has 10 nitrogen and oxygen atoms in total. The fourth-order valence-corrected chi connectivity index (χ4v) is 3.17. The van der Waals surface area contributed by atoms with E-state index >= 15 is 0 Å². The number of hydrogen-bond acceptors (Lipinski definition) is 7. The minimum atomic E-state index is -1.23. The zero-order valence-electron chi connectivity index (χ0n) is 16.1. The molecule has 0 aromatic rings. The van der Waals surface area contributed by atoms with Gasteiger partial charge < -0.3 is 31.5 Å². The van der Waals surface area contributed by atoms with Crippen LogP contribution in [0, 0.1) is 5.92 Å². The van der Waals surface area contributed by atoms with Gasteiger partial charge in [0.15, 0.2) is 0 Å². The highest BCUT2D eigenvalue weighted by atomic mass is 32.1. The van der Waals surface area contributed by atoms with Gasteiger partial charge in [0.1, 0.15) is 18.1 Å². The van der Waals surface area contributed by atoms with E-state index in [4.69, 9.17) is 10.8 Å². The fourth-order valence-electron chi connectivity index (χ4n) is 2.92. The first-order chi connectivity index (χ1) is 13.2. The highest BCUT2D eigenvalue weighted by Crippen LogP contribution is 2.19. The van der Waals surface area contributed by atoms with E-state index in [1.165, 1.54) is 4.90 Å². The minimum absolute atomic E-state index is 0.0927. The Labute approximate surface area is 169 Å². The topological polar surface area (TPSA) is 162 Å². The van der Waals surface area contributed by atoms with Crippen molar-refractivity contribution in [2.24, 2.45) is 11.7 Å². The Balaban J connectivity index is 2.82. The molecule has 0 saturated carbocycles. The highest BCUT2D eigenvalue weighted by molar-refractivity contribution is 7.80. The van der Waals surface area contributed by atoms with Crippen LogP contribution in [0.5, 0.6) is 0 Å². The molecule has 0 radical (unpaired) electrons. The number of carboxylic acids is 1. The summed E-state index contributed by atoms with van der Waals surface area (Å²) in [5.74, 6) is -3.19. The van der Waals surface area contributed by atoms with E-state index in [1.807, 2.05) is 6.92 Å². The standard InChI is InChI=1S/C17H30N4O6S/c1-3-9(2)13(18)15(24)19-10(7-22)16(25)21-6-4-5-12(21)14(23)20-11(8-28)17(26)27/h9-13,22,28H,3-8,18H2,1-2H3,(H,19,24)(H,20,23)(H,26,27). The van der Waals surface area contributed by atoms with Gasteiger partial charge in [-0.25, -0.2) is 4.79 Å². The molecule has 160 valence electrons. The number of aliphatic carboxylic acids is 1. The maximum absolute atomic E-state index is 12.8. The van der Waals surface area contributed by atoms with Gasteiger partial charge in [-0.2, -0.15) is 12.6 Å². The SMILES string of the molecule is CCC(C)C(N)C(=O)NC(CO)C(=O)N1CCCC1C(=O)NC(CS)C(=O)O. The zero-order valence-corrected chi connectivity index (χ0v) is 17.0. The summed E-state index contributed by atoms with van der Waals surface area (Å²) in [6.07, 6.45) is 1.58. The summed E-state index contributed by atoms with van der Waals surface area (Å²) in [6.45, 7) is 3.31. The lowest BCUT2D eigenvalue weighted by molar-refractivity contribution is -0.145. The lowest BCUT2D eigenvalue weighted by Crippen LogP contribution is -2.58. The Morgan fingerprint density at radius 1 is 1.25 bits per heavy atom. The lowest BCUT2D eigenvalue weighted by atomic mass is 9.99. The first-order valence-corrected chi connectivity index (χ1v) is 9.92. The van der Waals surface area contributed by atoms with Crippen LogP contribution in [0.1, 0.15) is 33.1 Å². The maximum Gasteiger partial charge on any atom is 0.327 e. The Bertz CT molecular complexity index is 590. The van der Waals surface area contributed by atoms with Gasteiger partial charge in [0.25, 0.3) is 0 Å². The average Bonchev–Trinajstić information content (AvgIpc) is 3.17. The molecule has 0 aromatic heterocycles. The van der Waals surface area contributed by atoms with Gasteiger partial charge in [0, 0.05) is 12.3 Å². The van der Waals surface area contributed by atoms with E-state index in [0.717, 1.165) is 0 Å².